The number of aliphatic hydroxyl groups is 1. The Morgan fingerprint density at radius 3 is 2.10 bits per heavy atom. The third kappa shape index (κ3) is 5.98. The van der Waals surface area contributed by atoms with Crippen molar-refractivity contribution in [3.8, 4) is 0 Å². The van der Waals surface area contributed by atoms with Crippen LogP contribution in [0.5, 0.6) is 0 Å². The summed E-state index contributed by atoms with van der Waals surface area (Å²) in [4.78, 5) is 57.9. The lowest BCUT2D eigenvalue weighted by Gasteiger charge is -2.65. The van der Waals surface area contributed by atoms with Crippen LogP contribution in [0.15, 0.2) is 91.3 Å². The van der Waals surface area contributed by atoms with Gasteiger partial charge in [-0.1, -0.05) is 48.5 Å². The second-order valence-corrected chi connectivity index (χ2v) is 14.1. The van der Waals surface area contributed by atoms with Crippen molar-refractivity contribution >= 4 is 30.0 Å². The summed E-state index contributed by atoms with van der Waals surface area (Å²) in [6.45, 7) is 8.08. The number of nitrogens with zero attached hydrogens (tertiary/aromatic N) is 1. The van der Waals surface area contributed by atoms with Crippen molar-refractivity contribution in [3.63, 3.8) is 0 Å². The Morgan fingerprint density at radius 1 is 0.820 bits per heavy atom. The maximum Gasteiger partial charge on any atom is 0.340 e. The van der Waals surface area contributed by atoms with E-state index >= 15 is 0 Å². The van der Waals surface area contributed by atoms with Gasteiger partial charge in [0.05, 0.1) is 22.1 Å². The number of esters is 4. The summed E-state index contributed by atoms with van der Waals surface area (Å²) in [6.07, 6.45) is 0.461. The van der Waals surface area contributed by atoms with E-state index in [4.69, 9.17) is 23.7 Å². The standard InChI is InChI=1S/C39H41NO10/c1-24(41)46-31-32(48-30(42)19-18-25-13-8-6-9-14-25)37(4)29(47-34(43)26-15-10-7-11-16-26)21-28-22-39(37,50-36(28,2)3)38(5,45)33(31)49-35(44)27-17-12-20-40-23-27/h6-20,23,28-29,31-33,45H,21-22H2,1-5H3/b19-18+/t28-,29+,31+,32+,33+,37-,38-,39-/m1/s1. The molecule has 0 amide bonds. The van der Waals surface area contributed by atoms with E-state index in [2.05, 4.69) is 4.98 Å². The zero-order valence-corrected chi connectivity index (χ0v) is 28.6. The van der Waals surface area contributed by atoms with Crippen LogP contribution in [0.3, 0.4) is 0 Å². The first-order valence-corrected chi connectivity index (χ1v) is 16.6. The number of hydrogen-bond donors (Lipinski definition) is 1. The molecule has 2 heterocycles. The van der Waals surface area contributed by atoms with Crippen LogP contribution in [0.1, 0.15) is 73.7 Å². The Bertz CT molecular complexity index is 1780. The number of rotatable bonds is 8. The fourth-order valence-corrected chi connectivity index (χ4v) is 8.13. The highest BCUT2D eigenvalue weighted by atomic mass is 16.6. The van der Waals surface area contributed by atoms with Gasteiger partial charge < -0.3 is 28.8 Å². The Kier molecular flexibility index (Phi) is 9.17. The monoisotopic (exact) mass is 683 g/mol. The number of fused-ring (bicyclic) bond motifs is 1. The normalized spacial score (nSPS) is 32.4. The van der Waals surface area contributed by atoms with E-state index in [1.807, 2.05) is 44.2 Å². The van der Waals surface area contributed by atoms with Crippen molar-refractivity contribution in [2.45, 2.75) is 88.7 Å². The number of carbonyl (C=O) groups excluding carboxylic acids is 4. The van der Waals surface area contributed by atoms with Gasteiger partial charge in [0.1, 0.15) is 17.3 Å². The highest BCUT2D eigenvalue weighted by Crippen LogP contribution is 2.68. The van der Waals surface area contributed by atoms with Gasteiger partial charge in [0, 0.05) is 25.4 Å². The summed E-state index contributed by atoms with van der Waals surface area (Å²) in [5.41, 5.74) is -5.06. The van der Waals surface area contributed by atoms with E-state index in [1.54, 1.807) is 49.4 Å². The van der Waals surface area contributed by atoms with Crippen LogP contribution >= 0.6 is 0 Å². The average molecular weight is 684 g/mol. The zero-order chi connectivity index (χ0) is 35.9. The maximum absolute atomic E-state index is 13.7. The van der Waals surface area contributed by atoms with Crippen LogP contribution in [0.2, 0.25) is 0 Å². The summed E-state index contributed by atoms with van der Waals surface area (Å²) in [5.74, 6) is -3.32. The van der Waals surface area contributed by atoms with E-state index in [0.29, 0.717) is 5.56 Å². The molecule has 11 heteroatoms. The smallest absolute Gasteiger partial charge is 0.340 e. The predicted molar refractivity (Wildman–Crippen MR) is 179 cm³/mol. The molecule has 1 aliphatic heterocycles. The van der Waals surface area contributed by atoms with Crippen LogP contribution in [-0.2, 0) is 33.3 Å². The molecule has 2 aliphatic carbocycles. The Morgan fingerprint density at radius 2 is 1.46 bits per heavy atom. The first kappa shape index (κ1) is 35.0. The molecule has 50 heavy (non-hydrogen) atoms. The van der Waals surface area contributed by atoms with Gasteiger partial charge in [0.25, 0.3) is 0 Å². The van der Waals surface area contributed by atoms with Gasteiger partial charge in [-0.15, -0.1) is 0 Å². The zero-order valence-electron chi connectivity index (χ0n) is 28.6. The number of aromatic nitrogens is 1. The fourth-order valence-electron chi connectivity index (χ4n) is 8.13. The molecule has 1 N–H and O–H groups in total. The highest BCUT2D eigenvalue weighted by Gasteiger charge is 2.82. The minimum atomic E-state index is -2.09. The Hall–Kier alpha value is -4.87. The summed E-state index contributed by atoms with van der Waals surface area (Å²) in [7, 11) is 0. The van der Waals surface area contributed by atoms with Crippen molar-refractivity contribution in [2.75, 3.05) is 0 Å². The maximum atomic E-state index is 13.7. The van der Waals surface area contributed by atoms with E-state index in [0.717, 1.165) is 12.5 Å². The van der Waals surface area contributed by atoms with E-state index in [9.17, 15) is 24.3 Å². The second-order valence-electron chi connectivity index (χ2n) is 14.1. The largest absolute Gasteiger partial charge is 0.458 e. The van der Waals surface area contributed by atoms with E-state index in [1.165, 1.54) is 31.5 Å². The number of benzene rings is 2. The summed E-state index contributed by atoms with van der Waals surface area (Å²) in [6, 6.07) is 20.6. The average Bonchev–Trinajstić information content (AvgIpc) is 3.35. The molecule has 1 saturated heterocycles. The van der Waals surface area contributed by atoms with Crippen LogP contribution in [0, 0.1) is 11.3 Å². The van der Waals surface area contributed by atoms with E-state index in [-0.39, 0.29) is 24.3 Å². The van der Waals surface area contributed by atoms with Crippen LogP contribution in [0.25, 0.3) is 6.08 Å². The first-order valence-electron chi connectivity index (χ1n) is 16.6. The number of hydrogen-bond acceptors (Lipinski definition) is 11. The van der Waals surface area contributed by atoms with Gasteiger partial charge in [0.15, 0.2) is 18.3 Å². The summed E-state index contributed by atoms with van der Waals surface area (Å²) in [5, 5.41) is 12.9. The van der Waals surface area contributed by atoms with Gasteiger partial charge in [-0.25, -0.2) is 14.4 Å². The minimum Gasteiger partial charge on any atom is -0.458 e. The quantitative estimate of drug-likeness (QED) is 0.192. The number of pyridine rings is 1. The number of ether oxygens (including phenoxy) is 5. The first-order chi connectivity index (χ1) is 23.7. The molecule has 1 aromatic heterocycles. The molecule has 2 saturated carbocycles. The molecule has 2 aromatic carbocycles. The van der Waals surface area contributed by atoms with Crippen molar-refractivity contribution in [1.82, 2.24) is 4.98 Å². The van der Waals surface area contributed by atoms with Crippen molar-refractivity contribution in [1.29, 1.82) is 0 Å². The molecule has 6 rings (SSSR count). The SMILES string of the molecule is CC(=O)O[C@H]1[C@H](OC(=O)/C=C/c2ccccc2)[C@@]2(C)[C@@H](OC(=O)c3ccccc3)C[C@@H]3C[C@]2(OC3(C)C)[C@](C)(O)[C@H]1OC(=O)c1cccnc1. The van der Waals surface area contributed by atoms with Gasteiger partial charge in [-0.05, 0) is 82.4 Å². The molecular weight excluding hydrogens is 642 g/mol. The molecule has 3 aromatic rings. The van der Waals surface area contributed by atoms with Gasteiger partial charge in [-0.3, -0.25) is 9.78 Å². The summed E-state index contributed by atoms with van der Waals surface area (Å²) < 4.78 is 31.4. The molecule has 3 fully saturated rings. The number of carbonyl (C=O) groups is 4. The minimum absolute atomic E-state index is 0.0823. The molecule has 262 valence electrons. The molecule has 8 atom stereocenters. The molecule has 0 unspecified atom stereocenters. The predicted octanol–water partition coefficient (Wildman–Crippen LogP) is 5.12. The van der Waals surface area contributed by atoms with Crippen LogP contribution in [-0.4, -0.2) is 75.2 Å². The molecule has 1 spiro atoms. The van der Waals surface area contributed by atoms with Gasteiger partial charge in [0.2, 0.25) is 0 Å². The van der Waals surface area contributed by atoms with Crippen molar-refractivity contribution < 1.29 is 48.0 Å². The van der Waals surface area contributed by atoms with Crippen LogP contribution < -0.4 is 0 Å². The molecular formula is C39H41NO10. The van der Waals surface area contributed by atoms with Gasteiger partial charge >= 0.3 is 23.9 Å². The third-order valence-electron chi connectivity index (χ3n) is 10.7. The van der Waals surface area contributed by atoms with Crippen molar-refractivity contribution in [3.05, 3.63) is 108 Å². The molecule has 2 bridgehead atoms. The Labute approximate surface area is 290 Å². The topological polar surface area (TPSA) is 148 Å². The van der Waals surface area contributed by atoms with E-state index < -0.39 is 70.5 Å². The van der Waals surface area contributed by atoms with Gasteiger partial charge in [-0.2, -0.15) is 0 Å². The third-order valence-corrected chi connectivity index (χ3v) is 10.7. The van der Waals surface area contributed by atoms with Crippen molar-refractivity contribution in [2.24, 2.45) is 11.3 Å². The fraction of sp³-hybridized carbons (Fsp3) is 0.410. The lowest BCUT2D eigenvalue weighted by Crippen LogP contribution is -2.82. The highest BCUT2D eigenvalue weighted by molar-refractivity contribution is 5.90. The second kappa shape index (κ2) is 13.1. The molecule has 11 nitrogen and oxygen atoms in total. The van der Waals surface area contributed by atoms with Crippen LogP contribution in [0.4, 0.5) is 0 Å². The Balaban J connectivity index is 1.51. The molecule has 3 aliphatic rings. The lowest BCUT2D eigenvalue weighted by molar-refractivity contribution is -0.351. The summed E-state index contributed by atoms with van der Waals surface area (Å²) >= 11 is 0. The lowest BCUT2D eigenvalue weighted by atomic mass is 9.47. The molecule has 0 radical (unpaired) electrons.